The number of hydrogen-bond acceptors (Lipinski definition) is 4. The highest BCUT2D eigenvalue weighted by atomic mass is 32.2. The molecule has 0 spiro atoms. The van der Waals surface area contributed by atoms with Gasteiger partial charge in [-0.25, -0.2) is 8.42 Å². The second-order valence-corrected chi connectivity index (χ2v) is 7.01. The second kappa shape index (κ2) is 5.40. The number of sulfonamides is 1. The molecule has 0 bridgehead atoms. The Morgan fingerprint density at radius 3 is 2.78 bits per heavy atom. The number of rotatable bonds is 5. The molecule has 1 aromatic rings. The van der Waals surface area contributed by atoms with Gasteiger partial charge in [0.2, 0.25) is 10.0 Å². The summed E-state index contributed by atoms with van der Waals surface area (Å²) in [5.74, 6) is 1.13. The van der Waals surface area contributed by atoms with Crippen molar-refractivity contribution in [3.63, 3.8) is 0 Å². The first-order valence-corrected chi connectivity index (χ1v) is 8.06. The van der Waals surface area contributed by atoms with E-state index in [1.54, 1.807) is 7.05 Å². The van der Waals surface area contributed by atoms with Crippen molar-refractivity contribution in [2.75, 3.05) is 12.8 Å². The minimum Gasteiger partial charge on any atom is -0.361 e. The Bertz CT molecular complexity index is 507. The molecule has 0 fully saturated rings. The third-order valence-corrected chi connectivity index (χ3v) is 5.34. The molecule has 0 saturated carbocycles. The Morgan fingerprint density at radius 2 is 2.06 bits per heavy atom. The van der Waals surface area contributed by atoms with Gasteiger partial charge in [0.25, 0.3) is 0 Å². The third kappa shape index (κ3) is 2.75. The van der Waals surface area contributed by atoms with Crippen LogP contribution in [0.3, 0.4) is 0 Å². The third-order valence-electron chi connectivity index (χ3n) is 3.34. The first-order valence-electron chi connectivity index (χ1n) is 6.45. The summed E-state index contributed by atoms with van der Waals surface area (Å²) >= 11 is 0. The minimum absolute atomic E-state index is 0.184. The van der Waals surface area contributed by atoms with Crippen molar-refractivity contribution < 1.29 is 12.9 Å². The molecule has 0 radical (unpaired) electrons. The van der Waals surface area contributed by atoms with Gasteiger partial charge >= 0.3 is 0 Å². The maximum atomic E-state index is 11.9. The average molecular weight is 272 g/mol. The summed E-state index contributed by atoms with van der Waals surface area (Å²) in [6, 6.07) is 0. The molecular weight excluding hydrogens is 252 g/mol. The van der Waals surface area contributed by atoms with E-state index in [1.807, 2.05) is 6.92 Å². The standard InChI is InChI=1S/C12H20N2O3S/c1-3-8-18(15,16)14(2)9-11-10-6-4-5-7-12(10)17-13-11/h3-9H2,1-2H3. The Kier molecular flexibility index (Phi) is 4.07. The van der Waals surface area contributed by atoms with E-state index in [2.05, 4.69) is 5.16 Å². The van der Waals surface area contributed by atoms with E-state index in [0.717, 1.165) is 42.7 Å². The van der Waals surface area contributed by atoms with Gasteiger partial charge in [-0.15, -0.1) is 0 Å². The fourth-order valence-electron chi connectivity index (χ4n) is 2.30. The number of fused-ring (bicyclic) bond motifs is 1. The van der Waals surface area contributed by atoms with Crippen LogP contribution in [-0.4, -0.2) is 30.7 Å². The highest BCUT2D eigenvalue weighted by Crippen LogP contribution is 2.25. The van der Waals surface area contributed by atoms with Crippen molar-refractivity contribution in [1.29, 1.82) is 0 Å². The molecule has 0 amide bonds. The molecule has 5 nitrogen and oxygen atoms in total. The topological polar surface area (TPSA) is 63.4 Å². The molecule has 102 valence electrons. The van der Waals surface area contributed by atoms with Crippen LogP contribution in [0.15, 0.2) is 4.52 Å². The van der Waals surface area contributed by atoms with E-state index in [0.29, 0.717) is 13.0 Å². The van der Waals surface area contributed by atoms with Crippen LogP contribution in [0.5, 0.6) is 0 Å². The fourth-order valence-corrected chi connectivity index (χ4v) is 3.44. The molecule has 18 heavy (non-hydrogen) atoms. The summed E-state index contributed by atoms with van der Waals surface area (Å²) < 4.78 is 30.5. The lowest BCUT2D eigenvalue weighted by atomic mass is 9.96. The largest absolute Gasteiger partial charge is 0.361 e. The molecule has 1 aliphatic rings. The lowest BCUT2D eigenvalue weighted by molar-refractivity contribution is 0.361. The average Bonchev–Trinajstić information content (AvgIpc) is 2.73. The quantitative estimate of drug-likeness (QED) is 0.819. The normalized spacial score (nSPS) is 15.9. The predicted molar refractivity (Wildman–Crippen MR) is 68.7 cm³/mol. The second-order valence-electron chi connectivity index (χ2n) is 4.81. The summed E-state index contributed by atoms with van der Waals surface area (Å²) in [6.45, 7) is 2.19. The van der Waals surface area contributed by atoms with E-state index in [-0.39, 0.29) is 5.75 Å². The van der Waals surface area contributed by atoms with Gasteiger partial charge in [0.1, 0.15) is 11.5 Å². The van der Waals surface area contributed by atoms with Gasteiger partial charge in [-0.2, -0.15) is 4.31 Å². The van der Waals surface area contributed by atoms with Crippen LogP contribution in [0.1, 0.15) is 43.2 Å². The maximum Gasteiger partial charge on any atom is 0.214 e. The van der Waals surface area contributed by atoms with Crippen molar-refractivity contribution in [2.24, 2.45) is 0 Å². The summed E-state index contributed by atoms with van der Waals surface area (Å²) in [5, 5.41) is 4.03. The molecule has 0 unspecified atom stereocenters. The van der Waals surface area contributed by atoms with Crippen molar-refractivity contribution in [3.8, 4) is 0 Å². The number of aromatic nitrogens is 1. The van der Waals surface area contributed by atoms with Gasteiger partial charge in [0, 0.05) is 19.0 Å². The van der Waals surface area contributed by atoms with Gasteiger partial charge in [-0.3, -0.25) is 0 Å². The molecule has 1 aromatic heterocycles. The van der Waals surface area contributed by atoms with Crippen LogP contribution in [0.25, 0.3) is 0 Å². The highest BCUT2D eigenvalue weighted by Gasteiger charge is 2.23. The van der Waals surface area contributed by atoms with Gasteiger partial charge in [0.05, 0.1) is 12.3 Å². The molecule has 6 heteroatoms. The van der Waals surface area contributed by atoms with Crippen LogP contribution in [0.2, 0.25) is 0 Å². The van der Waals surface area contributed by atoms with E-state index in [4.69, 9.17) is 4.52 Å². The Morgan fingerprint density at radius 1 is 1.33 bits per heavy atom. The highest BCUT2D eigenvalue weighted by molar-refractivity contribution is 7.89. The summed E-state index contributed by atoms with van der Waals surface area (Å²) in [6.07, 6.45) is 4.77. The first-order chi connectivity index (χ1) is 8.54. The number of aryl methyl sites for hydroxylation is 1. The zero-order valence-corrected chi connectivity index (χ0v) is 11.8. The Hall–Kier alpha value is -0.880. The molecule has 2 rings (SSSR count). The van der Waals surface area contributed by atoms with Gasteiger partial charge in [0.15, 0.2) is 0 Å². The van der Waals surface area contributed by atoms with E-state index in [9.17, 15) is 8.42 Å². The lowest BCUT2D eigenvalue weighted by Gasteiger charge is -2.16. The predicted octanol–water partition coefficient (Wildman–Crippen LogP) is 1.72. The van der Waals surface area contributed by atoms with Crippen molar-refractivity contribution in [3.05, 3.63) is 17.0 Å². The SMILES string of the molecule is CCCS(=O)(=O)N(C)Cc1noc2c1CCCC2. The van der Waals surface area contributed by atoms with Crippen LogP contribution in [0.4, 0.5) is 0 Å². The Balaban J connectivity index is 2.12. The molecule has 0 N–H and O–H groups in total. The molecule has 0 atom stereocenters. The monoisotopic (exact) mass is 272 g/mol. The van der Waals surface area contributed by atoms with Gasteiger partial charge in [-0.05, 0) is 25.7 Å². The fraction of sp³-hybridized carbons (Fsp3) is 0.750. The molecule has 0 saturated heterocycles. The van der Waals surface area contributed by atoms with Crippen LogP contribution < -0.4 is 0 Å². The smallest absolute Gasteiger partial charge is 0.214 e. The Labute approximate surface area is 108 Å². The van der Waals surface area contributed by atoms with Gasteiger partial charge < -0.3 is 4.52 Å². The summed E-state index contributed by atoms with van der Waals surface area (Å²) in [5.41, 5.74) is 1.91. The van der Waals surface area contributed by atoms with Crippen molar-refractivity contribution in [1.82, 2.24) is 9.46 Å². The number of nitrogens with zero attached hydrogens (tertiary/aromatic N) is 2. The van der Waals surface area contributed by atoms with Crippen LogP contribution in [0, 0.1) is 0 Å². The van der Waals surface area contributed by atoms with Crippen LogP contribution >= 0.6 is 0 Å². The van der Waals surface area contributed by atoms with Gasteiger partial charge in [-0.1, -0.05) is 12.1 Å². The van der Waals surface area contributed by atoms with E-state index in [1.165, 1.54) is 4.31 Å². The molecule has 0 aromatic carbocycles. The summed E-state index contributed by atoms with van der Waals surface area (Å²) in [4.78, 5) is 0. The molecule has 1 heterocycles. The van der Waals surface area contributed by atoms with E-state index < -0.39 is 10.0 Å². The lowest BCUT2D eigenvalue weighted by Crippen LogP contribution is -2.29. The zero-order valence-electron chi connectivity index (χ0n) is 11.0. The maximum absolute atomic E-state index is 11.9. The zero-order chi connectivity index (χ0) is 13.2. The summed E-state index contributed by atoms with van der Waals surface area (Å²) in [7, 11) is -1.56. The van der Waals surface area contributed by atoms with E-state index >= 15 is 0 Å². The number of hydrogen-bond donors (Lipinski definition) is 0. The van der Waals surface area contributed by atoms with Crippen molar-refractivity contribution >= 4 is 10.0 Å². The van der Waals surface area contributed by atoms with Crippen molar-refractivity contribution in [2.45, 2.75) is 45.6 Å². The molecular formula is C12H20N2O3S. The molecule has 1 aliphatic carbocycles. The minimum atomic E-state index is -3.16. The molecule has 0 aliphatic heterocycles. The van der Waals surface area contributed by atoms with Crippen LogP contribution in [-0.2, 0) is 29.4 Å². The first kappa shape index (κ1) is 13.5.